The first-order valence-corrected chi connectivity index (χ1v) is 6.76. The molecule has 0 aliphatic heterocycles. The maximum Gasteiger partial charge on any atom is 0.143 e. The molecular weight excluding hydrogens is 291 g/mol. The van der Waals surface area contributed by atoms with Crippen LogP contribution in [-0.2, 0) is 6.54 Å². The van der Waals surface area contributed by atoms with Crippen LogP contribution < -0.4 is 5.32 Å². The van der Waals surface area contributed by atoms with Gasteiger partial charge in [0.25, 0.3) is 0 Å². The third-order valence-corrected chi connectivity index (χ3v) is 3.23. The van der Waals surface area contributed by atoms with Crippen LogP contribution in [0.15, 0.2) is 54.7 Å². The number of anilines is 1. The zero-order chi connectivity index (χ0) is 14.7. The zero-order valence-electron chi connectivity index (χ0n) is 11.0. The van der Waals surface area contributed by atoms with Gasteiger partial charge in [0.1, 0.15) is 11.5 Å². The van der Waals surface area contributed by atoms with E-state index in [1.807, 2.05) is 30.3 Å². The fourth-order valence-electron chi connectivity index (χ4n) is 1.86. The number of hydrogen-bond acceptors (Lipinski definition) is 3. The number of halogens is 2. The van der Waals surface area contributed by atoms with Crippen molar-refractivity contribution in [1.82, 2.24) is 15.0 Å². The number of aromatic nitrogens is 3. The minimum absolute atomic E-state index is 0.107. The molecular formula is C15H12ClFN4. The van der Waals surface area contributed by atoms with Gasteiger partial charge in [-0.15, -0.1) is 0 Å². The Bertz CT molecular complexity index is 742. The van der Waals surface area contributed by atoms with Gasteiger partial charge in [-0.2, -0.15) is 15.0 Å². The van der Waals surface area contributed by atoms with Crippen LogP contribution in [0.2, 0.25) is 5.02 Å². The van der Waals surface area contributed by atoms with Crippen LogP contribution in [0.5, 0.6) is 0 Å². The predicted molar refractivity (Wildman–Crippen MR) is 80.1 cm³/mol. The zero-order valence-corrected chi connectivity index (χ0v) is 11.8. The van der Waals surface area contributed by atoms with Crippen LogP contribution in [0.3, 0.4) is 0 Å². The van der Waals surface area contributed by atoms with E-state index < -0.39 is 5.82 Å². The van der Waals surface area contributed by atoms with Crippen molar-refractivity contribution in [3.8, 4) is 5.69 Å². The highest BCUT2D eigenvalue weighted by molar-refractivity contribution is 6.30. The van der Waals surface area contributed by atoms with Gasteiger partial charge in [0, 0.05) is 5.69 Å². The molecule has 1 N–H and O–H groups in total. The average Bonchev–Trinajstić information content (AvgIpc) is 2.98. The molecule has 0 bridgehead atoms. The van der Waals surface area contributed by atoms with Crippen LogP contribution in [0.25, 0.3) is 5.69 Å². The molecule has 1 heterocycles. The number of para-hydroxylation sites is 1. The highest BCUT2D eigenvalue weighted by atomic mass is 35.5. The fraction of sp³-hybridized carbons (Fsp3) is 0.0667. The SMILES string of the molecule is Fc1cc(NCc2cnn(-c3ccccc3)n2)ccc1Cl. The molecule has 106 valence electrons. The van der Waals surface area contributed by atoms with Crippen molar-refractivity contribution < 1.29 is 4.39 Å². The Kier molecular flexibility index (Phi) is 3.83. The molecule has 3 aromatic rings. The fourth-order valence-corrected chi connectivity index (χ4v) is 1.98. The minimum Gasteiger partial charge on any atom is -0.379 e. The molecule has 0 aliphatic rings. The lowest BCUT2D eigenvalue weighted by Crippen LogP contribution is -2.03. The first kappa shape index (κ1) is 13.6. The summed E-state index contributed by atoms with van der Waals surface area (Å²) in [7, 11) is 0. The van der Waals surface area contributed by atoms with Gasteiger partial charge < -0.3 is 5.32 Å². The molecule has 0 saturated heterocycles. The number of nitrogens with zero attached hydrogens (tertiary/aromatic N) is 3. The topological polar surface area (TPSA) is 42.7 Å². The Morgan fingerprint density at radius 1 is 1.14 bits per heavy atom. The van der Waals surface area contributed by atoms with Crippen LogP contribution >= 0.6 is 11.6 Å². The monoisotopic (exact) mass is 302 g/mol. The van der Waals surface area contributed by atoms with Gasteiger partial charge in [0.05, 0.1) is 23.5 Å². The van der Waals surface area contributed by atoms with Crippen molar-refractivity contribution >= 4 is 17.3 Å². The highest BCUT2D eigenvalue weighted by Gasteiger charge is 2.04. The molecule has 0 unspecified atom stereocenters. The van der Waals surface area contributed by atoms with Crippen LogP contribution in [0, 0.1) is 5.82 Å². The van der Waals surface area contributed by atoms with E-state index >= 15 is 0 Å². The Balaban J connectivity index is 1.69. The number of rotatable bonds is 4. The third kappa shape index (κ3) is 3.20. The van der Waals surface area contributed by atoms with E-state index in [1.165, 1.54) is 12.1 Å². The van der Waals surface area contributed by atoms with E-state index in [0.29, 0.717) is 12.2 Å². The summed E-state index contributed by atoms with van der Waals surface area (Å²) in [5, 5.41) is 11.7. The first-order valence-electron chi connectivity index (χ1n) is 6.38. The standard InChI is InChI=1S/C15H12ClFN4/c16-14-7-6-11(8-15(14)17)18-9-12-10-19-21(20-12)13-4-2-1-3-5-13/h1-8,10,18H,9H2. The van der Waals surface area contributed by atoms with Gasteiger partial charge in [0.15, 0.2) is 0 Å². The number of benzene rings is 2. The molecule has 21 heavy (non-hydrogen) atoms. The molecule has 0 saturated carbocycles. The van der Waals surface area contributed by atoms with Crippen molar-refractivity contribution in [3.05, 3.63) is 71.3 Å². The summed E-state index contributed by atoms with van der Waals surface area (Å²) < 4.78 is 13.3. The molecule has 4 nitrogen and oxygen atoms in total. The lowest BCUT2D eigenvalue weighted by molar-refractivity contribution is 0.628. The maximum atomic E-state index is 13.3. The van der Waals surface area contributed by atoms with E-state index in [-0.39, 0.29) is 5.02 Å². The first-order chi connectivity index (χ1) is 10.2. The highest BCUT2D eigenvalue weighted by Crippen LogP contribution is 2.19. The van der Waals surface area contributed by atoms with E-state index in [0.717, 1.165) is 11.4 Å². The molecule has 0 aliphatic carbocycles. The minimum atomic E-state index is -0.449. The van der Waals surface area contributed by atoms with Crippen LogP contribution in [0.4, 0.5) is 10.1 Å². The van der Waals surface area contributed by atoms with Gasteiger partial charge in [-0.25, -0.2) is 4.39 Å². The van der Waals surface area contributed by atoms with Crippen LogP contribution in [0.1, 0.15) is 5.69 Å². The Morgan fingerprint density at radius 2 is 1.95 bits per heavy atom. The van der Waals surface area contributed by atoms with E-state index in [2.05, 4.69) is 15.5 Å². The molecule has 0 fully saturated rings. The lowest BCUT2D eigenvalue weighted by Gasteiger charge is -2.04. The summed E-state index contributed by atoms with van der Waals surface area (Å²) in [6, 6.07) is 14.2. The van der Waals surface area contributed by atoms with Gasteiger partial charge in [0.2, 0.25) is 0 Å². The lowest BCUT2D eigenvalue weighted by atomic mass is 10.3. The molecule has 0 amide bonds. The van der Waals surface area contributed by atoms with Crippen molar-refractivity contribution in [2.75, 3.05) is 5.32 Å². The van der Waals surface area contributed by atoms with E-state index in [4.69, 9.17) is 11.6 Å². The molecule has 6 heteroatoms. The Labute approximate surface area is 126 Å². The predicted octanol–water partition coefficient (Wildman–Crippen LogP) is 3.67. The molecule has 0 atom stereocenters. The van der Waals surface area contributed by atoms with Crippen molar-refractivity contribution in [1.29, 1.82) is 0 Å². The summed E-state index contributed by atoms with van der Waals surface area (Å²) >= 11 is 5.64. The average molecular weight is 303 g/mol. The largest absolute Gasteiger partial charge is 0.379 e. The second kappa shape index (κ2) is 5.93. The summed E-state index contributed by atoms with van der Waals surface area (Å²) in [5.41, 5.74) is 2.29. The second-order valence-corrected chi connectivity index (χ2v) is 4.85. The number of hydrogen-bond donors (Lipinski definition) is 1. The van der Waals surface area contributed by atoms with Gasteiger partial charge in [-0.05, 0) is 30.3 Å². The van der Waals surface area contributed by atoms with Crippen molar-refractivity contribution in [2.45, 2.75) is 6.54 Å². The molecule has 3 rings (SSSR count). The summed E-state index contributed by atoms with van der Waals surface area (Å²) in [5.74, 6) is -0.449. The third-order valence-electron chi connectivity index (χ3n) is 2.92. The van der Waals surface area contributed by atoms with Crippen molar-refractivity contribution in [3.63, 3.8) is 0 Å². The summed E-state index contributed by atoms with van der Waals surface area (Å²) in [4.78, 5) is 1.56. The summed E-state index contributed by atoms with van der Waals surface area (Å²) in [6.45, 7) is 0.452. The van der Waals surface area contributed by atoms with Gasteiger partial charge in [-0.1, -0.05) is 29.8 Å². The molecule has 1 aromatic heterocycles. The molecule has 0 radical (unpaired) electrons. The Hall–Kier alpha value is -2.40. The smallest absolute Gasteiger partial charge is 0.143 e. The van der Waals surface area contributed by atoms with Gasteiger partial charge >= 0.3 is 0 Å². The van der Waals surface area contributed by atoms with Crippen LogP contribution in [-0.4, -0.2) is 15.0 Å². The Morgan fingerprint density at radius 3 is 2.71 bits per heavy atom. The summed E-state index contributed by atoms with van der Waals surface area (Å²) in [6.07, 6.45) is 1.67. The normalized spacial score (nSPS) is 10.6. The van der Waals surface area contributed by atoms with E-state index in [1.54, 1.807) is 17.1 Å². The van der Waals surface area contributed by atoms with Crippen molar-refractivity contribution in [2.24, 2.45) is 0 Å². The second-order valence-electron chi connectivity index (χ2n) is 4.44. The maximum absolute atomic E-state index is 13.3. The van der Waals surface area contributed by atoms with E-state index in [9.17, 15) is 4.39 Å². The molecule has 2 aromatic carbocycles. The number of nitrogens with one attached hydrogen (secondary N) is 1. The van der Waals surface area contributed by atoms with Gasteiger partial charge in [-0.3, -0.25) is 0 Å². The molecule has 0 spiro atoms. The quantitative estimate of drug-likeness (QED) is 0.799.